The number of phenolic OH excluding ortho intramolecular Hbond substituents is 3. The topological polar surface area (TPSA) is 199 Å². The summed E-state index contributed by atoms with van der Waals surface area (Å²) in [5.74, 6) is -4.11. The summed E-state index contributed by atoms with van der Waals surface area (Å²) in [6.45, 7) is 1.78. The predicted molar refractivity (Wildman–Crippen MR) is 124 cm³/mol. The molecule has 1 saturated heterocycles. The largest absolute Gasteiger partial charge is 0.504 e. The number of allylic oxidation sites excluding steroid dienone is 1. The number of phenols is 3. The van der Waals surface area contributed by atoms with Crippen LogP contribution in [0.3, 0.4) is 0 Å². The molecule has 0 spiro atoms. The van der Waals surface area contributed by atoms with Crippen LogP contribution in [-0.4, -0.2) is 80.6 Å². The summed E-state index contributed by atoms with van der Waals surface area (Å²) in [5.41, 5.74) is 0.332. The molecule has 38 heavy (non-hydrogen) atoms. The maximum absolute atomic E-state index is 12.8. The molecule has 13 nitrogen and oxygen atoms in total. The van der Waals surface area contributed by atoms with E-state index < -0.39 is 66.5 Å². The summed E-state index contributed by atoms with van der Waals surface area (Å²) in [6.07, 6.45) is -6.40. The molecule has 0 radical (unpaired) electrons. The minimum absolute atomic E-state index is 0.00287. The van der Waals surface area contributed by atoms with Crippen LogP contribution >= 0.6 is 0 Å². The number of fused-ring (bicyclic) bond motifs is 1. The fourth-order valence-corrected chi connectivity index (χ4v) is 3.89. The first-order chi connectivity index (χ1) is 18.0. The summed E-state index contributed by atoms with van der Waals surface area (Å²) in [7, 11) is 0. The van der Waals surface area contributed by atoms with Gasteiger partial charge in [-0.3, -0.25) is 14.4 Å². The molecule has 5 unspecified atom stereocenters. The number of benzene rings is 2. The number of ketones is 1. The van der Waals surface area contributed by atoms with Crippen molar-refractivity contribution in [1.82, 2.24) is 0 Å². The molecule has 0 aliphatic carbocycles. The molecule has 0 amide bonds. The summed E-state index contributed by atoms with van der Waals surface area (Å²) in [5, 5.41) is 50.9. The zero-order chi connectivity index (χ0) is 27.7. The van der Waals surface area contributed by atoms with Crippen LogP contribution in [0.4, 0.5) is 0 Å². The Morgan fingerprint density at radius 1 is 1.00 bits per heavy atom. The second-order valence-electron chi connectivity index (χ2n) is 8.50. The van der Waals surface area contributed by atoms with Gasteiger partial charge in [0.2, 0.25) is 17.8 Å². The van der Waals surface area contributed by atoms with E-state index in [1.807, 2.05) is 0 Å². The van der Waals surface area contributed by atoms with Crippen LogP contribution in [0.25, 0.3) is 6.08 Å². The molecule has 2 aromatic rings. The van der Waals surface area contributed by atoms with Crippen LogP contribution in [0, 0.1) is 0 Å². The minimum atomic E-state index is -1.76. The van der Waals surface area contributed by atoms with Crippen LogP contribution < -0.4 is 9.47 Å². The lowest BCUT2D eigenvalue weighted by molar-refractivity contribution is -0.282. The van der Waals surface area contributed by atoms with E-state index in [1.165, 1.54) is 36.4 Å². The zero-order valence-corrected chi connectivity index (χ0v) is 20.1. The Kier molecular flexibility index (Phi) is 7.44. The third kappa shape index (κ3) is 5.34. The van der Waals surface area contributed by atoms with Crippen molar-refractivity contribution in [1.29, 1.82) is 0 Å². The summed E-state index contributed by atoms with van der Waals surface area (Å²) in [6, 6.07) is 6.37. The molecule has 1 fully saturated rings. The second kappa shape index (κ2) is 10.6. The molecular weight excluding hydrogens is 508 g/mol. The highest BCUT2D eigenvalue weighted by atomic mass is 16.7. The van der Waals surface area contributed by atoms with Crippen molar-refractivity contribution in [2.75, 3.05) is 6.61 Å². The maximum Gasteiger partial charge on any atom is 0.303 e. The average Bonchev–Trinajstić information content (AvgIpc) is 3.17. The first kappa shape index (κ1) is 26.7. The van der Waals surface area contributed by atoms with E-state index in [0.29, 0.717) is 5.56 Å². The first-order valence-corrected chi connectivity index (χ1v) is 11.3. The summed E-state index contributed by atoms with van der Waals surface area (Å²) in [4.78, 5) is 35.5. The standard InChI is InChI=1S/C25H24O13/c1-10(26)34-9-18-24(35-11(2)27)21(32)22(33)25(38-18)37-16-6-4-13-19(30)17(36-23(13)20(16)31)8-12-3-5-14(28)15(29)7-12/h3-8,18,21-22,24-25,28-29,31-33H,9H2,1-2H3. The lowest BCUT2D eigenvalue weighted by Crippen LogP contribution is -2.61. The molecule has 5 N–H and O–H groups in total. The van der Waals surface area contributed by atoms with Gasteiger partial charge in [0.25, 0.3) is 0 Å². The molecule has 13 heteroatoms. The quantitative estimate of drug-likeness (QED) is 0.198. The molecule has 202 valence electrons. The number of hydrogen-bond donors (Lipinski definition) is 5. The van der Waals surface area contributed by atoms with Gasteiger partial charge in [0, 0.05) is 13.8 Å². The van der Waals surface area contributed by atoms with Crippen molar-refractivity contribution in [2.45, 2.75) is 44.6 Å². The van der Waals surface area contributed by atoms with Gasteiger partial charge in [0.1, 0.15) is 24.9 Å². The van der Waals surface area contributed by atoms with Gasteiger partial charge in [-0.1, -0.05) is 6.07 Å². The van der Waals surface area contributed by atoms with Crippen molar-refractivity contribution >= 4 is 23.8 Å². The van der Waals surface area contributed by atoms with Crippen molar-refractivity contribution in [3.8, 4) is 28.7 Å². The van der Waals surface area contributed by atoms with Gasteiger partial charge in [-0.25, -0.2) is 0 Å². The van der Waals surface area contributed by atoms with Crippen LogP contribution in [-0.2, 0) is 23.8 Å². The number of esters is 2. The van der Waals surface area contributed by atoms with E-state index >= 15 is 0 Å². The third-order valence-electron chi connectivity index (χ3n) is 5.71. The predicted octanol–water partition coefficient (Wildman–Crippen LogP) is 0.740. The van der Waals surface area contributed by atoms with E-state index in [9.17, 15) is 39.9 Å². The lowest BCUT2D eigenvalue weighted by atomic mass is 9.99. The van der Waals surface area contributed by atoms with Crippen LogP contribution in [0.1, 0.15) is 29.8 Å². The number of aromatic hydroxyl groups is 3. The average molecular weight is 532 g/mol. The van der Waals surface area contributed by atoms with E-state index in [-0.39, 0.29) is 28.6 Å². The highest BCUT2D eigenvalue weighted by molar-refractivity contribution is 6.15. The fraction of sp³-hybridized carbons (Fsp3) is 0.320. The highest BCUT2D eigenvalue weighted by Gasteiger charge is 2.48. The number of carbonyl (C=O) groups is 3. The fourth-order valence-electron chi connectivity index (χ4n) is 3.89. The van der Waals surface area contributed by atoms with Crippen molar-refractivity contribution in [3.63, 3.8) is 0 Å². The Labute approximate surface area is 215 Å². The Hall–Kier alpha value is -4.33. The molecular formula is C25H24O13. The molecule has 4 rings (SSSR count). The van der Waals surface area contributed by atoms with E-state index in [0.717, 1.165) is 13.8 Å². The second-order valence-corrected chi connectivity index (χ2v) is 8.50. The van der Waals surface area contributed by atoms with Gasteiger partial charge in [-0.15, -0.1) is 0 Å². The summed E-state index contributed by atoms with van der Waals surface area (Å²) < 4.78 is 26.6. The highest BCUT2D eigenvalue weighted by Crippen LogP contribution is 2.45. The molecule has 0 bridgehead atoms. The van der Waals surface area contributed by atoms with Crippen molar-refractivity contribution < 1.29 is 63.6 Å². The SMILES string of the molecule is CC(=O)OCC1OC(Oc2ccc3c(c2O)OC(=Cc2ccc(O)c(O)c2)C3=O)C(O)C(O)C1OC(C)=O. The van der Waals surface area contributed by atoms with Gasteiger partial charge < -0.3 is 49.2 Å². The number of rotatable bonds is 6. The summed E-state index contributed by atoms with van der Waals surface area (Å²) >= 11 is 0. The third-order valence-corrected chi connectivity index (χ3v) is 5.71. The van der Waals surface area contributed by atoms with Gasteiger partial charge in [0.05, 0.1) is 5.56 Å². The zero-order valence-electron chi connectivity index (χ0n) is 20.1. The Morgan fingerprint density at radius 3 is 2.39 bits per heavy atom. The Morgan fingerprint density at radius 2 is 1.74 bits per heavy atom. The van der Waals surface area contributed by atoms with Gasteiger partial charge in [-0.2, -0.15) is 0 Å². The van der Waals surface area contributed by atoms with Crippen molar-refractivity contribution in [3.05, 3.63) is 47.2 Å². The molecule has 2 aromatic carbocycles. The number of aliphatic hydroxyl groups excluding tert-OH is 2. The van der Waals surface area contributed by atoms with Crippen LogP contribution in [0.5, 0.6) is 28.7 Å². The molecule has 0 aromatic heterocycles. The molecule has 5 atom stereocenters. The number of aliphatic hydroxyl groups is 2. The number of Topliss-reactive ketones (excluding diaryl/α,β-unsaturated/α-hetero) is 1. The minimum Gasteiger partial charge on any atom is -0.504 e. The van der Waals surface area contributed by atoms with Crippen molar-refractivity contribution in [2.24, 2.45) is 0 Å². The Balaban J connectivity index is 1.56. The van der Waals surface area contributed by atoms with E-state index in [2.05, 4.69) is 0 Å². The maximum atomic E-state index is 12.8. The normalized spacial score (nSPS) is 25.4. The number of ether oxygens (including phenoxy) is 5. The van der Waals surface area contributed by atoms with Crippen LogP contribution in [0.15, 0.2) is 36.1 Å². The molecule has 0 saturated carbocycles. The first-order valence-electron chi connectivity index (χ1n) is 11.3. The molecule has 2 heterocycles. The monoisotopic (exact) mass is 532 g/mol. The Bertz CT molecular complexity index is 1300. The van der Waals surface area contributed by atoms with Gasteiger partial charge >= 0.3 is 11.9 Å². The molecule has 2 aliphatic heterocycles. The lowest BCUT2D eigenvalue weighted by Gasteiger charge is -2.41. The van der Waals surface area contributed by atoms with Crippen LogP contribution in [0.2, 0.25) is 0 Å². The van der Waals surface area contributed by atoms with Gasteiger partial charge in [0.15, 0.2) is 34.9 Å². The molecule has 2 aliphatic rings. The number of carbonyl (C=O) groups excluding carboxylic acids is 3. The van der Waals surface area contributed by atoms with E-state index in [1.54, 1.807) is 0 Å². The smallest absolute Gasteiger partial charge is 0.303 e. The number of hydrogen-bond acceptors (Lipinski definition) is 13. The van der Waals surface area contributed by atoms with E-state index in [4.69, 9.17) is 23.7 Å². The van der Waals surface area contributed by atoms with Gasteiger partial charge in [-0.05, 0) is 35.9 Å².